The van der Waals surface area contributed by atoms with E-state index in [2.05, 4.69) is 25.2 Å². The Morgan fingerprint density at radius 2 is 1.91 bits per heavy atom. The van der Waals surface area contributed by atoms with E-state index < -0.39 is 0 Å². The molecule has 1 aliphatic heterocycles. The van der Waals surface area contributed by atoms with Gasteiger partial charge in [0.25, 0.3) is 5.56 Å². The molecule has 1 fully saturated rings. The van der Waals surface area contributed by atoms with Crippen LogP contribution in [0, 0.1) is 6.92 Å². The van der Waals surface area contributed by atoms with Gasteiger partial charge in [-0.3, -0.25) is 4.79 Å². The smallest absolute Gasteiger partial charge is 0.263 e. The van der Waals surface area contributed by atoms with Gasteiger partial charge in [-0.05, 0) is 50.5 Å². The molecule has 8 nitrogen and oxygen atoms in total. The first-order chi connectivity index (χ1) is 15.5. The average Bonchev–Trinajstić information content (AvgIpc) is 3.24. The van der Waals surface area contributed by atoms with Crippen molar-refractivity contribution in [3.05, 3.63) is 57.8 Å². The Kier molecular flexibility index (Phi) is 5.30. The Hall–Kier alpha value is -3.39. The van der Waals surface area contributed by atoms with Crippen LogP contribution in [0.1, 0.15) is 25.0 Å². The first-order valence-electron chi connectivity index (χ1n) is 10.6. The number of hydrogen-bond acceptors (Lipinski definition) is 7. The minimum absolute atomic E-state index is 0.162. The highest BCUT2D eigenvalue weighted by Gasteiger charge is 2.17. The fourth-order valence-corrected chi connectivity index (χ4v) is 4.16. The molecule has 1 aliphatic rings. The maximum absolute atomic E-state index is 12.8. The van der Waals surface area contributed by atoms with Crippen molar-refractivity contribution in [3.8, 4) is 11.5 Å². The highest BCUT2D eigenvalue weighted by atomic mass is 35.5. The minimum Gasteiger partial charge on any atom is -0.441 e. The number of aromatic nitrogens is 4. The summed E-state index contributed by atoms with van der Waals surface area (Å²) in [6.45, 7) is 3.70. The van der Waals surface area contributed by atoms with Crippen LogP contribution in [0.3, 0.4) is 0 Å². The largest absolute Gasteiger partial charge is 0.441 e. The fourth-order valence-electron chi connectivity index (χ4n) is 4.02. The van der Waals surface area contributed by atoms with Gasteiger partial charge in [-0.15, -0.1) is 0 Å². The molecule has 32 heavy (non-hydrogen) atoms. The van der Waals surface area contributed by atoms with Crippen LogP contribution in [0.2, 0.25) is 5.02 Å². The maximum Gasteiger partial charge on any atom is 0.263 e. The molecule has 5 rings (SSSR count). The van der Waals surface area contributed by atoms with Gasteiger partial charge in [0, 0.05) is 31.2 Å². The molecular weight excluding hydrogens is 428 g/mol. The number of rotatable bonds is 4. The monoisotopic (exact) mass is 450 g/mol. The van der Waals surface area contributed by atoms with Gasteiger partial charge in [-0.1, -0.05) is 11.6 Å². The molecule has 0 amide bonds. The summed E-state index contributed by atoms with van der Waals surface area (Å²) < 4.78 is 7.18. The zero-order valence-corrected chi connectivity index (χ0v) is 18.7. The van der Waals surface area contributed by atoms with E-state index in [1.165, 1.54) is 6.42 Å². The van der Waals surface area contributed by atoms with E-state index in [0.29, 0.717) is 34.0 Å². The van der Waals surface area contributed by atoms with Gasteiger partial charge in [0.1, 0.15) is 16.3 Å². The molecule has 0 saturated carbocycles. The Morgan fingerprint density at radius 3 is 2.66 bits per heavy atom. The van der Waals surface area contributed by atoms with Crippen molar-refractivity contribution < 1.29 is 4.42 Å². The van der Waals surface area contributed by atoms with Gasteiger partial charge in [0.15, 0.2) is 5.82 Å². The quantitative estimate of drug-likeness (QED) is 0.482. The van der Waals surface area contributed by atoms with Gasteiger partial charge in [0.2, 0.25) is 11.8 Å². The predicted octanol–water partition coefficient (Wildman–Crippen LogP) is 4.68. The number of benzene rings is 1. The lowest BCUT2D eigenvalue weighted by atomic mass is 10.1. The topological polar surface area (TPSA) is 89.1 Å². The summed E-state index contributed by atoms with van der Waals surface area (Å²) in [4.78, 5) is 28.3. The Labute approximate surface area is 189 Å². The fraction of sp³-hybridized carbons (Fsp3) is 0.304. The van der Waals surface area contributed by atoms with Crippen LogP contribution in [0.15, 0.2) is 45.9 Å². The molecule has 164 valence electrons. The molecule has 9 heteroatoms. The van der Waals surface area contributed by atoms with E-state index >= 15 is 0 Å². The number of hydrogen-bond donors (Lipinski definition) is 1. The standard InChI is InChI=1S/C23H23ClN6O2/c1-14-12-25-21(32-14)17-11-15-10-16(6-7-19(15)29(2)22(17)31)27-20-18(24)13-26-23(28-20)30-8-4-3-5-9-30/h6-7,10-13H,3-5,8-9H2,1-2H3,(H,26,27,28). The molecule has 1 aromatic carbocycles. The Morgan fingerprint density at radius 1 is 1.09 bits per heavy atom. The molecule has 0 aliphatic carbocycles. The lowest BCUT2D eigenvalue weighted by Crippen LogP contribution is -2.31. The Bertz CT molecular complexity index is 1360. The summed E-state index contributed by atoms with van der Waals surface area (Å²) in [6.07, 6.45) is 6.77. The average molecular weight is 451 g/mol. The zero-order valence-electron chi connectivity index (χ0n) is 17.9. The highest BCUT2D eigenvalue weighted by molar-refractivity contribution is 6.32. The summed E-state index contributed by atoms with van der Waals surface area (Å²) in [5, 5.41) is 4.62. The van der Waals surface area contributed by atoms with Crippen LogP contribution in [-0.4, -0.2) is 32.6 Å². The number of aryl methyl sites for hydroxylation is 2. The van der Waals surface area contributed by atoms with Crippen LogP contribution in [-0.2, 0) is 7.05 Å². The maximum atomic E-state index is 12.8. The zero-order chi connectivity index (χ0) is 22.2. The van der Waals surface area contributed by atoms with Crippen LogP contribution >= 0.6 is 11.6 Å². The lowest BCUT2D eigenvalue weighted by Gasteiger charge is -2.26. The van der Waals surface area contributed by atoms with E-state index in [1.807, 2.05) is 18.2 Å². The summed E-state index contributed by atoms with van der Waals surface area (Å²) in [5.74, 6) is 2.20. The molecular formula is C23H23ClN6O2. The molecule has 4 heterocycles. The van der Waals surface area contributed by atoms with Crippen LogP contribution in [0.4, 0.5) is 17.5 Å². The van der Waals surface area contributed by atoms with Gasteiger partial charge in [-0.2, -0.15) is 4.98 Å². The normalized spacial score (nSPS) is 14.2. The number of fused-ring (bicyclic) bond motifs is 1. The van der Waals surface area contributed by atoms with Crippen LogP contribution in [0.25, 0.3) is 22.4 Å². The van der Waals surface area contributed by atoms with Gasteiger partial charge < -0.3 is 19.2 Å². The van der Waals surface area contributed by atoms with E-state index in [4.69, 9.17) is 16.0 Å². The van der Waals surface area contributed by atoms with Crippen LogP contribution < -0.4 is 15.8 Å². The molecule has 4 aromatic rings. The third kappa shape index (κ3) is 3.82. The lowest BCUT2D eigenvalue weighted by molar-refractivity contribution is 0.541. The number of pyridine rings is 1. The van der Waals surface area contributed by atoms with Gasteiger partial charge in [0.05, 0.1) is 17.9 Å². The van der Waals surface area contributed by atoms with Crippen molar-refractivity contribution in [1.29, 1.82) is 0 Å². The molecule has 1 saturated heterocycles. The van der Waals surface area contributed by atoms with Crippen molar-refractivity contribution in [2.75, 3.05) is 23.3 Å². The summed E-state index contributed by atoms with van der Waals surface area (Å²) in [7, 11) is 1.74. The molecule has 0 bridgehead atoms. The number of halogens is 1. The van der Waals surface area contributed by atoms with E-state index in [1.54, 1.807) is 37.0 Å². The van der Waals surface area contributed by atoms with Crippen LogP contribution in [0.5, 0.6) is 0 Å². The number of oxazole rings is 1. The molecule has 1 N–H and O–H groups in total. The second kappa shape index (κ2) is 8.27. The molecule has 0 atom stereocenters. The molecule has 0 unspecified atom stereocenters. The first kappa shape index (κ1) is 20.5. The first-order valence-corrected chi connectivity index (χ1v) is 11.0. The predicted molar refractivity (Wildman–Crippen MR) is 126 cm³/mol. The summed E-state index contributed by atoms with van der Waals surface area (Å²) >= 11 is 6.38. The van der Waals surface area contributed by atoms with Crippen molar-refractivity contribution in [2.24, 2.45) is 7.05 Å². The van der Waals surface area contributed by atoms with Crippen molar-refractivity contribution in [1.82, 2.24) is 19.5 Å². The van der Waals surface area contributed by atoms with Gasteiger partial charge in [-0.25, -0.2) is 9.97 Å². The highest BCUT2D eigenvalue weighted by Crippen LogP contribution is 2.28. The number of nitrogens with one attached hydrogen (secondary N) is 1. The number of nitrogens with zero attached hydrogens (tertiary/aromatic N) is 5. The molecule has 0 spiro atoms. The van der Waals surface area contributed by atoms with E-state index in [9.17, 15) is 4.79 Å². The summed E-state index contributed by atoms with van der Waals surface area (Å²) in [5.41, 5.74) is 1.86. The third-order valence-electron chi connectivity index (χ3n) is 5.71. The summed E-state index contributed by atoms with van der Waals surface area (Å²) in [6, 6.07) is 7.54. The van der Waals surface area contributed by atoms with E-state index in [0.717, 1.165) is 42.5 Å². The van der Waals surface area contributed by atoms with Crippen molar-refractivity contribution in [3.63, 3.8) is 0 Å². The molecule has 3 aromatic heterocycles. The molecule has 0 radical (unpaired) electrons. The van der Waals surface area contributed by atoms with Gasteiger partial charge >= 0.3 is 0 Å². The number of anilines is 3. The number of piperidine rings is 1. The minimum atomic E-state index is -0.162. The van der Waals surface area contributed by atoms with Crippen molar-refractivity contribution >= 4 is 40.0 Å². The third-order valence-corrected chi connectivity index (χ3v) is 5.99. The van der Waals surface area contributed by atoms with Crippen molar-refractivity contribution in [2.45, 2.75) is 26.2 Å². The Balaban J connectivity index is 1.51. The second-order valence-electron chi connectivity index (χ2n) is 8.01. The SMILES string of the molecule is Cc1cnc(-c2cc3cc(Nc4nc(N5CCCCC5)ncc4Cl)ccc3n(C)c2=O)o1. The van der Waals surface area contributed by atoms with E-state index in [-0.39, 0.29) is 5.56 Å². The second-order valence-corrected chi connectivity index (χ2v) is 8.42.